The Balaban J connectivity index is 1.35. The number of halogens is 1. The third kappa shape index (κ3) is 5.50. The van der Waals surface area contributed by atoms with Gasteiger partial charge in [0.05, 0.1) is 5.69 Å². The van der Waals surface area contributed by atoms with E-state index in [0.717, 1.165) is 12.1 Å². The standard InChI is InChI=1S/C25H28ClN3O3/c1-29(20-5-3-2-4-6-20)14-13-27-24(30)18-9-12-22-21(16-18)28-25(31)23(32-22)15-17-7-10-19(26)11-8-17/h7-12,15-16,20H,2-6,13-14H2,1H3,(H,27,30)(H,28,31). The molecule has 2 aliphatic rings. The molecule has 1 fully saturated rings. The number of amides is 2. The monoisotopic (exact) mass is 453 g/mol. The Kier molecular flexibility index (Phi) is 7.12. The Bertz CT molecular complexity index is 1010. The van der Waals surface area contributed by atoms with Gasteiger partial charge < -0.3 is 20.3 Å². The zero-order chi connectivity index (χ0) is 22.5. The van der Waals surface area contributed by atoms with Gasteiger partial charge in [-0.2, -0.15) is 0 Å². The molecule has 6 nitrogen and oxygen atoms in total. The number of carbonyl (C=O) groups is 2. The molecule has 1 saturated carbocycles. The van der Waals surface area contributed by atoms with Crippen molar-refractivity contribution in [3.8, 4) is 5.75 Å². The quantitative estimate of drug-likeness (QED) is 0.621. The molecule has 32 heavy (non-hydrogen) atoms. The van der Waals surface area contributed by atoms with Crippen LogP contribution in [0.5, 0.6) is 5.75 Å². The fourth-order valence-electron chi connectivity index (χ4n) is 4.16. The predicted molar refractivity (Wildman–Crippen MR) is 127 cm³/mol. The fourth-order valence-corrected chi connectivity index (χ4v) is 4.29. The van der Waals surface area contributed by atoms with Crippen LogP contribution in [0, 0.1) is 0 Å². The van der Waals surface area contributed by atoms with Gasteiger partial charge in [0.25, 0.3) is 11.8 Å². The third-order valence-corrected chi connectivity index (χ3v) is 6.30. The molecule has 4 rings (SSSR count). The van der Waals surface area contributed by atoms with Crippen LogP contribution >= 0.6 is 11.6 Å². The molecule has 0 radical (unpaired) electrons. The summed E-state index contributed by atoms with van der Waals surface area (Å²) in [5.41, 5.74) is 1.77. The zero-order valence-electron chi connectivity index (χ0n) is 18.2. The number of rotatable bonds is 6. The third-order valence-electron chi connectivity index (χ3n) is 6.05. The molecule has 1 heterocycles. The van der Waals surface area contributed by atoms with Crippen LogP contribution in [0.1, 0.15) is 48.0 Å². The van der Waals surface area contributed by atoms with Crippen molar-refractivity contribution in [3.63, 3.8) is 0 Å². The largest absolute Gasteiger partial charge is 0.449 e. The van der Waals surface area contributed by atoms with Gasteiger partial charge in [-0.05, 0) is 61.9 Å². The van der Waals surface area contributed by atoms with E-state index in [9.17, 15) is 9.59 Å². The summed E-state index contributed by atoms with van der Waals surface area (Å²) in [4.78, 5) is 27.4. The molecule has 0 saturated heterocycles. The fraction of sp³-hybridized carbons (Fsp3) is 0.360. The van der Waals surface area contributed by atoms with E-state index in [0.29, 0.717) is 34.6 Å². The SMILES string of the molecule is CN(CCNC(=O)c1ccc2c(c1)NC(=O)C(=Cc1ccc(Cl)cc1)O2)C1CCCCC1. The number of hydrogen-bond acceptors (Lipinski definition) is 4. The smallest absolute Gasteiger partial charge is 0.291 e. The molecule has 0 aromatic heterocycles. The van der Waals surface area contributed by atoms with Crippen molar-refractivity contribution in [1.82, 2.24) is 10.2 Å². The first-order valence-corrected chi connectivity index (χ1v) is 11.5. The minimum atomic E-state index is -0.362. The summed E-state index contributed by atoms with van der Waals surface area (Å²) in [5.74, 6) is 0.155. The number of nitrogens with zero attached hydrogens (tertiary/aromatic N) is 1. The molecule has 0 unspecified atom stereocenters. The van der Waals surface area contributed by atoms with E-state index in [2.05, 4.69) is 22.6 Å². The van der Waals surface area contributed by atoms with Crippen molar-refractivity contribution in [2.24, 2.45) is 0 Å². The van der Waals surface area contributed by atoms with Gasteiger partial charge in [0.15, 0.2) is 11.5 Å². The highest BCUT2D eigenvalue weighted by atomic mass is 35.5. The van der Waals surface area contributed by atoms with E-state index in [-0.39, 0.29) is 17.6 Å². The van der Waals surface area contributed by atoms with E-state index < -0.39 is 0 Å². The van der Waals surface area contributed by atoms with Gasteiger partial charge in [0.1, 0.15) is 0 Å². The lowest BCUT2D eigenvalue weighted by molar-refractivity contribution is -0.115. The average molecular weight is 454 g/mol. The van der Waals surface area contributed by atoms with Crippen molar-refractivity contribution >= 4 is 35.2 Å². The Hall–Kier alpha value is -2.83. The molecule has 168 valence electrons. The van der Waals surface area contributed by atoms with Crippen LogP contribution in [0.3, 0.4) is 0 Å². The first kappa shape index (κ1) is 22.4. The van der Waals surface area contributed by atoms with E-state index in [1.807, 2.05) is 0 Å². The molecule has 2 aromatic rings. The second-order valence-electron chi connectivity index (χ2n) is 8.36. The van der Waals surface area contributed by atoms with Gasteiger partial charge in [0.2, 0.25) is 0 Å². The van der Waals surface area contributed by atoms with Gasteiger partial charge in [-0.25, -0.2) is 0 Å². The van der Waals surface area contributed by atoms with Gasteiger partial charge in [-0.15, -0.1) is 0 Å². The summed E-state index contributed by atoms with van der Waals surface area (Å²) in [6, 6.07) is 12.8. The van der Waals surface area contributed by atoms with Crippen molar-refractivity contribution in [1.29, 1.82) is 0 Å². The van der Waals surface area contributed by atoms with Crippen LogP contribution in [0.2, 0.25) is 5.02 Å². The Morgan fingerprint density at radius 2 is 1.94 bits per heavy atom. The number of nitrogens with one attached hydrogen (secondary N) is 2. The van der Waals surface area contributed by atoms with Gasteiger partial charge in [-0.3, -0.25) is 9.59 Å². The van der Waals surface area contributed by atoms with E-state index in [1.54, 1.807) is 48.5 Å². The molecular formula is C25H28ClN3O3. The minimum absolute atomic E-state index is 0.165. The van der Waals surface area contributed by atoms with Gasteiger partial charge in [0, 0.05) is 29.7 Å². The summed E-state index contributed by atoms with van der Waals surface area (Å²) in [6.45, 7) is 1.40. The lowest BCUT2D eigenvalue weighted by atomic mass is 9.94. The average Bonchev–Trinajstić information content (AvgIpc) is 2.81. The highest BCUT2D eigenvalue weighted by Gasteiger charge is 2.23. The lowest BCUT2D eigenvalue weighted by Crippen LogP contribution is -2.39. The topological polar surface area (TPSA) is 70.7 Å². The zero-order valence-corrected chi connectivity index (χ0v) is 19.0. The van der Waals surface area contributed by atoms with Crippen LogP contribution in [0.25, 0.3) is 6.08 Å². The predicted octanol–water partition coefficient (Wildman–Crippen LogP) is 4.71. The minimum Gasteiger partial charge on any atom is -0.449 e. The van der Waals surface area contributed by atoms with Gasteiger partial charge in [-0.1, -0.05) is 43.0 Å². The van der Waals surface area contributed by atoms with Crippen molar-refractivity contribution in [2.75, 3.05) is 25.5 Å². The van der Waals surface area contributed by atoms with Crippen molar-refractivity contribution < 1.29 is 14.3 Å². The number of hydrogen-bond donors (Lipinski definition) is 2. The maximum absolute atomic E-state index is 12.6. The number of fused-ring (bicyclic) bond motifs is 1. The van der Waals surface area contributed by atoms with Gasteiger partial charge >= 0.3 is 0 Å². The number of ether oxygens (including phenoxy) is 1. The number of benzene rings is 2. The summed E-state index contributed by atoms with van der Waals surface area (Å²) in [7, 11) is 2.13. The van der Waals surface area contributed by atoms with Crippen LogP contribution in [0.15, 0.2) is 48.2 Å². The first-order chi connectivity index (χ1) is 15.5. The molecule has 2 amide bonds. The van der Waals surface area contributed by atoms with E-state index in [4.69, 9.17) is 16.3 Å². The van der Waals surface area contributed by atoms with E-state index >= 15 is 0 Å². The summed E-state index contributed by atoms with van der Waals surface area (Å²) in [5, 5.41) is 6.41. The summed E-state index contributed by atoms with van der Waals surface area (Å²) < 4.78 is 5.77. The summed E-state index contributed by atoms with van der Waals surface area (Å²) in [6.07, 6.45) is 8.05. The summed E-state index contributed by atoms with van der Waals surface area (Å²) >= 11 is 5.91. The van der Waals surface area contributed by atoms with Crippen LogP contribution < -0.4 is 15.4 Å². The molecule has 1 aliphatic carbocycles. The normalized spacial score (nSPS) is 17.6. The van der Waals surface area contributed by atoms with Crippen molar-refractivity contribution in [3.05, 3.63) is 64.4 Å². The lowest BCUT2D eigenvalue weighted by Gasteiger charge is -2.31. The Labute approximate surface area is 193 Å². The molecule has 0 atom stereocenters. The molecule has 2 N–H and O–H groups in total. The molecule has 2 aromatic carbocycles. The first-order valence-electron chi connectivity index (χ1n) is 11.1. The molecule has 7 heteroatoms. The van der Waals surface area contributed by atoms with Crippen LogP contribution in [0.4, 0.5) is 5.69 Å². The van der Waals surface area contributed by atoms with Crippen LogP contribution in [-0.2, 0) is 4.79 Å². The second-order valence-corrected chi connectivity index (χ2v) is 8.79. The Morgan fingerprint density at radius 1 is 1.19 bits per heavy atom. The molecular weight excluding hydrogens is 426 g/mol. The van der Waals surface area contributed by atoms with E-state index in [1.165, 1.54) is 32.1 Å². The molecule has 0 spiro atoms. The number of anilines is 1. The maximum atomic E-state index is 12.6. The second kappa shape index (κ2) is 10.2. The molecule has 0 bridgehead atoms. The highest BCUT2D eigenvalue weighted by molar-refractivity contribution is 6.30. The maximum Gasteiger partial charge on any atom is 0.291 e. The van der Waals surface area contributed by atoms with Crippen molar-refractivity contribution in [2.45, 2.75) is 38.1 Å². The highest BCUT2D eigenvalue weighted by Crippen LogP contribution is 2.32. The number of likely N-dealkylation sites (N-methyl/N-ethyl adjacent to an activating group) is 1. The Morgan fingerprint density at radius 3 is 2.69 bits per heavy atom. The number of carbonyl (C=O) groups excluding carboxylic acids is 2. The van der Waals surface area contributed by atoms with Crippen LogP contribution in [-0.4, -0.2) is 42.9 Å². The molecule has 1 aliphatic heterocycles.